The van der Waals surface area contributed by atoms with E-state index in [0.29, 0.717) is 11.6 Å². The lowest BCUT2D eigenvalue weighted by atomic mass is 10.2. The van der Waals surface area contributed by atoms with E-state index in [-0.39, 0.29) is 0 Å². The summed E-state index contributed by atoms with van der Waals surface area (Å²) < 4.78 is 7.14. The summed E-state index contributed by atoms with van der Waals surface area (Å²) in [5.41, 5.74) is 1.66. The lowest BCUT2D eigenvalue weighted by Crippen LogP contribution is -2.05. The first-order valence-electron chi connectivity index (χ1n) is 5.88. The van der Waals surface area contributed by atoms with Gasteiger partial charge in [-0.2, -0.15) is 5.10 Å². The van der Waals surface area contributed by atoms with Crippen molar-refractivity contribution in [3.63, 3.8) is 0 Å². The van der Waals surface area contributed by atoms with E-state index >= 15 is 0 Å². The molecule has 2 aromatic rings. The second-order valence-corrected chi connectivity index (χ2v) is 3.93. The lowest BCUT2D eigenvalue weighted by molar-refractivity contribution is 0.414. The summed E-state index contributed by atoms with van der Waals surface area (Å²) >= 11 is 0. The van der Waals surface area contributed by atoms with Crippen LogP contribution >= 0.6 is 0 Å². The summed E-state index contributed by atoms with van der Waals surface area (Å²) in [6, 6.07) is 0. The van der Waals surface area contributed by atoms with Crippen LogP contribution in [0.3, 0.4) is 0 Å². The molecular formula is C12H17N5O. The zero-order valence-electron chi connectivity index (χ0n) is 10.8. The van der Waals surface area contributed by atoms with Gasteiger partial charge < -0.3 is 10.1 Å². The quantitative estimate of drug-likeness (QED) is 0.871. The van der Waals surface area contributed by atoms with Gasteiger partial charge >= 0.3 is 0 Å². The van der Waals surface area contributed by atoms with Gasteiger partial charge in [-0.25, -0.2) is 9.97 Å². The normalized spacial score (nSPS) is 10.4. The van der Waals surface area contributed by atoms with Crippen LogP contribution in [-0.2, 0) is 7.05 Å². The highest BCUT2D eigenvalue weighted by atomic mass is 16.5. The fraction of sp³-hybridized carbons (Fsp3) is 0.417. The number of hydrogen-bond acceptors (Lipinski definition) is 5. The predicted molar refractivity (Wildman–Crippen MR) is 69.6 cm³/mol. The van der Waals surface area contributed by atoms with Crippen molar-refractivity contribution in [3.8, 4) is 17.0 Å². The van der Waals surface area contributed by atoms with E-state index in [9.17, 15) is 0 Å². The Bertz CT molecular complexity index is 523. The molecular weight excluding hydrogens is 230 g/mol. The van der Waals surface area contributed by atoms with Crippen LogP contribution in [0, 0.1) is 0 Å². The predicted octanol–water partition coefficient (Wildman–Crippen LogP) is 1.71. The van der Waals surface area contributed by atoms with Gasteiger partial charge in [-0.15, -0.1) is 0 Å². The van der Waals surface area contributed by atoms with Crippen molar-refractivity contribution in [2.75, 3.05) is 19.0 Å². The summed E-state index contributed by atoms with van der Waals surface area (Å²) in [4.78, 5) is 8.48. The minimum Gasteiger partial charge on any atom is -0.491 e. The third-order valence-electron chi connectivity index (χ3n) is 2.53. The summed E-state index contributed by atoms with van der Waals surface area (Å²) in [5, 5.41) is 7.37. The maximum absolute atomic E-state index is 5.41. The molecule has 0 atom stereocenters. The summed E-state index contributed by atoms with van der Waals surface area (Å²) in [6.07, 6.45) is 6.21. The zero-order valence-corrected chi connectivity index (χ0v) is 10.8. The van der Waals surface area contributed by atoms with Gasteiger partial charge in [0.25, 0.3) is 0 Å². The van der Waals surface area contributed by atoms with Gasteiger partial charge in [0.05, 0.1) is 13.3 Å². The maximum atomic E-state index is 5.41. The van der Waals surface area contributed by atoms with Gasteiger partial charge in [0.2, 0.25) is 0 Å². The van der Waals surface area contributed by atoms with Crippen molar-refractivity contribution in [3.05, 3.63) is 18.7 Å². The number of aromatic nitrogens is 4. The van der Waals surface area contributed by atoms with Crippen LogP contribution < -0.4 is 10.1 Å². The molecule has 96 valence electrons. The number of hydrogen-bond donors (Lipinski definition) is 1. The number of ether oxygens (including phenoxy) is 1. The zero-order chi connectivity index (χ0) is 13.0. The van der Waals surface area contributed by atoms with Crippen molar-refractivity contribution in [2.45, 2.75) is 13.3 Å². The molecule has 0 aromatic carbocycles. The minimum absolute atomic E-state index is 0.652. The Labute approximate surface area is 106 Å². The first kappa shape index (κ1) is 12.3. The Morgan fingerprint density at radius 1 is 1.39 bits per heavy atom. The van der Waals surface area contributed by atoms with Gasteiger partial charge in [0, 0.05) is 25.4 Å². The standard InChI is InChI=1S/C12H17N5O/c1-4-5-13-12-11(18-3)10(14-8-15-12)9-6-16-17(2)7-9/h6-8H,4-5H2,1-3H3,(H,13,14,15). The van der Waals surface area contributed by atoms with Crippen molar-refractivity contribution in [1.29, 1.82) is 0 Å². The molecule has 0 aliphatic rings. The molecule has 0 saturated heterocycles. The van der Waals surface area contributed by atoms with Crippen molar-refractivity contribution in [1.82, 2.24) is 19.7 Å². The molecule has 6 heteroatoms. The Kier molecular flexibility index (Phi) is 3.76. The largest absolute Gasteiger partial charge is 0.491 e. The van der Waals surface area contributed by atoms with Gasteiger partial charge in [-0.3, -0.25) is 4.68 Å². The van der Waals surface area contributed by atoms with Crippen LogP contribution in [0.15, 0.2) is 18.7 Å². The number of aryl methyl sites for hydroxylation is 1. The molecule has 0 radical (unpaired) electrons. The second-order valence-electron chi connectivity index (χ2n) is 3.93. The van der Waals surface area contributed by atoms with E-state index in [2.05, 4.69) is 27.3 Å². The number of methoxy groups -OCH3 is 1. The van der Waals surface area contributed by atoms with E-state index in [1.165, 1.54) is 6.33 Å². The van der Waals surface area contributed by atoms with Crippen LogP contribution in [0.1, 0.15) is 13.3 Å². The van der Waals surface area contributed by atoms with E-state index in [0.717, 1.165) is 24.2 Å². The Hall–Kier alpha value is -2.11. The summed E-state index contributed by atoms with van der Waals surface area (Å²) in [6.45, 7) is 2.95. The van der Waals surface area contributed by atoms with Crippen LogP contribution in [0.2, 0.25) is 0 Å². The fourth-order valence-corrected chi connectivity index (χ4v) is 1.69. The molecule has 0 aliphatic carbocycles. The molecule has 2 rings (SSSR count). The molecule has 0 unspecified atom stereocenters. The van der Waals surface area contributed by atoms with Crippen LogP contribution in [-0.4, -0.2) is 33.4 Å². The van der Waals surface area contributed by atoms with Crippen molar-refractivity contribution < 1.29 is 4.74 Å². The SMILES string of the molecule is CCCNc1ncnc(-c2cnn(C)c2)c1OC. The molecule has 1 N–H and O–H groups in total. The molecule has 2 aromatic heterocycles. The average molecular weight is 247 g/mol. The third kappa shape index (κ3) is 2.42. The van der Waals surface area contributed by atoms with Crippen molar-refractivity contribution >= 4 is 5.82 Å². The smallest absolute Gasteiger partial charge is 0.187 e. The Morgan fingerprint density at radius 3 is 2.83 bits per heavy atom. The van der Waals surface area contributed by atoms with Crippen molar-refractivity contribution in [2.24, 2.45) is 7.05 Å². The number of nitrogens with zero attached hydrogens (tertiary/aromatic N) is 4. The van der Waals surface area contributed by atoms with Crippen LogP contribution in [0.4, 0.5) is 5.82 Å². The van der Waals surface area contributed by atoms with Gasteiger partial charge in [0.15, 0.2) is 11.6 Å². The first-order valence-corrected chi connectivity index (χ1v) is 5.88. The molecule has 0 bridgehead atoms. The highest BCUT2D eigenvalue weighted by Gasteiger charge is 2.14. The molecule has 0 fully saturated rings. The van der Waals surface area contributed by atoms with Gasteiger partial charge in [-0.05, 0) is 6.42 Å². The topological polar surface area (TPSA) is 64.9 Å². The fourth-order valence-electron chi connectivity index (χ4n) is 1.69. The highest BCUT2D eigenvalue weighted by Crippen LogP contribution is 2.32. The maximum Gasteiger partial charge on any atom is 0.187 e. The van der Waals surface area contributed by atoms with E-state index < -0.39 is 0 Å². The molecule has 0 amide bonds. The molecule has 0 spiro atoms. The van der Waals surface area contributed by atoms with Crippen LogP contribution in [0.5, 0.6) is 5.75 Å². The Morgan fingerprint density at radius 2 is 2.22 bits per heavy atom. The molecule has 0 saturated carbocycles. The Balaban J connectivity index is 2.41. The highest BCUT2D eigenvalue weighted by molar-refractivity contribution is 5.71. The summed E-state index contributed by atoms with van der Waals surface area (Å²) in [5.74, 6) is 1.37. The average Bonchev–Trinajstić information content (AvgIpc) is 2.82. The molecule has 18 heavy (non-hydrogen) atoms. The monoisotopic (exact) mass is 247 g/mol. The third-order valence-corrected chi connectivity index (χ3v) is 2.53. The number of rotatable bonds is 5. The van der Waals surface area contributed by atoms with Gasteiger partial charge in [0.1, 0.15) is 12.0 Å². The van der Waals surface area contributed by atoms with E-state index in [1.54, 1.807) is 18.0 Å². The number of nitrogens with one attached hydrogen (secondary N) is 1. The minimum atomic E-state index is 0.652. The van der Waals surface area contributed by atoms with Crippen LogP contribution in [0.25, 0.3) is 11.3 Å². The van der Waals surface area contributed by atoms with E-state index in [1.807, 2.05) is 13.2 Å². The number of anilines is 1. The van der Waals surface area contributed by atoms with E-state index in [4.69, 9.17) is 4.74 Å². The molecule has 6 nitrogen and oxygen atoms in total. The second kappa shape index (κ2) is 5.48. The lowest BCUT2D eigenvalue weighted by Gasteiger charge is -2.11. The summed E-state index contributed by atoms with van der Waals surface area (Å²) in [7, 11) is 3.49. The molecule has 2 heterocycles. The first-order chi connectivity index (χ1) is 8.76. The van der Waals surface area contributed by atoms with Gasteiger partial charge in [-0.1, -0.05) is 6.92 Å². The molecule has 0 aliphatic heterocycles.